The summed E-state index contributed by atoms with van der Waals surface area (Å²) < 4.78 is 0. The first-order chi connectivity index (χ1) is 7.18. The molecule has 0 aromatic carbocycles. The molecule has 1 aliphatic carbocycles. The lowest BCUT2D eigenvalue weighted by Crippen LogP contribution is -2.11. The summed E-state index contributed by atoms with van der Waals surface area (Å²) in [6.45, 7) is 2.22. The molecule has 3 heteroatoms. The first-order valence-corrected chi connectivity index (χ1v) is 7.13. The number of aliphatic carboxylic acids is 1. The van der Waals surface area contributed by atoms with E-state index in [-0.39, 0.29) is 5.41 Å². The number of hydrogen-bond donors (Lipinski definition) is 1. The fraction of sp³-hybridized carbons (Fsp3) is 0.917. The number of carbonyl (C=O) groups is 1. The van der Waals surface area contributed by atoms with Crippen molar-refractivity contribution in [2.75, 3.05) is 11.5 Å². The third kappa shape index (κ3) is 5.45. The molecule has 0 aliphatic heterocycles. The summed E-state index contributed by atoms with van der Waals surface area (Å²) >= 11 is 1.95. The number of carboxylic acids is 1. The maximum atomic E-state index is 10.6. The SMILES string of the molecule is CCCCCCSCC1(CC(=O)O)CC1. The summed E-state index contributed by atoms with van der Waals surface area (Å²) in [6.07, 6.45) is 7.88. The van der Waals surface area contributed by atoms with Crippen LogP contribution in [0.5, 0.6) is 0 Å². The molecule has 0 aromatic heterocycles. The van der Waals surface area contributed by atoms with Crippen LogP contribution in [-0.4, -0.2) is 22.6 Å². The Kier molecular flexibility index (Phi) is 5.51. The smallest absolute Gasteiger partial charge is 0.303 e. The third-order valence-electron chi connectivity index (χ3n) is 3.03. The highest BCUT2D eigenvalue weighted by atomic mass is 32.2. The maximum absolute atomic E-state index is 10.6. The summed E-state index contributed by atoms with van der Waals surface area (Å²) in [4.78, 5) is 10.6. The number of hydrogen-bond acceptors (Lipinski definition) is 2. The zero-order valence-corrected chi connectivity index (χ0v) is 10.4. The summed E-state index contributed by atoms with van der Waals surface area (Å²) in [5, 5.41) is 8.75. The Morgan fingerprint density at radius 1 is 1.33 bits per heavy atom. The van der Waals surface area contributed by atoms with Crippen molar-refractivity contribution in [1.82, 2.24) is 0 Å². The Bertz CT molecular complexity index is 200. The molecule has 0 radical (unpaired) electrons. The van der Waals surface area contributed by atoms with Crippen molar-refractivity contribution in [3.05, 3.63) is 0 Å². The third-order valence-corrected chi connectivity index (χ3v) is 4.43. The van der Waals surface area contributed by atoms with Gasteiger partial charge in [0.2, 0.25) is 0 Å². The van der Waals surface area contributed by atoms with Gasteiger partial charge in [0.05, 0.1) is 6.42 Å². The molecule has 1 rings (SSSR count). The van der Waals surface area contributed by atoms with E-state index in [1.165, 1.54) is 31.4 Å². The Hall–Kier alpha value is -0.180. The second-order valence-electron chi connectivity index (χ2n) is 4.68. The molecule has 0 spiro atoms. The lowest BCUT2D eigenvalue weighted by Gasteiger charge is -2.11. The molecule has 88 valence electrons. The molecule has 1 fully saturated rings. The molecule has 1 saturated carbocycles. The van der Waals surface area contributed by atoms with Crippen LogP contribution in [0.3, 0.4) is 0 Å². The minimum atomic E-state index is -0.626. The van der Waals surface area contributed by atoms with Crippen LogP contribution in [0.2, 0.25) is 0 Å². The first-order valence-electron chi connectivity index (χ1n) is 5.98. The summed E-state index contributed by atoms with van der Waals surface area (Å²) in [5.74, 6) is 1.64. The van der Waals surface area contributed by atoms with Crippen LogP contribution in [0.25, 0.3) is 0 Å². The second-order valence-corrected chi connectivity index (χ2v) is 5.79. The van der Waals surface area contributed by atoms with Crippen molar-refractivity contribution < 1.29 is 9.90 Å². The molecular weight excluding hydrogens is 208 g/mol. The molecule has 0 atom stereocenters. The number of carboxylic acid groups (broad SMARTS) is 1. The lowest BCUT2D eigenvalue weighted by atomic mass is 10.1. The normalized spacial score (nSPS) is 17.7. The zero-order chi connectivity index (χ0) is 11.1. The average Bonchev–Trinajstić information content (AvgIpc) is 2.91. The van der Waals surface area contributed by atoms with Gasteiger partial charge in [0.15, 0.2) is 0 Å². The van der Waals surface area contributed by atoms with Gasteiger partial charge in [-0.15, -0.1) is 0 Å². The molecule has 1 N–H and O–H groups in total. The largest absolute Gasteiger partial charge is 0.481 e. The highest BCUT2D eigenvalue weighted by Gasteiger charge is 2.43. The number of rotatable bonds is 9. The first kappa shape index (κ1) is 12.9. The predicted molar refractivity (Wildman–Crippen MR) is 65.4 cm³/mol. The van der Waals surface area contributed by atoms with E-state index < -0.39 is 5.97 Å². The molecular formula is C12H22O2S. The van der Waals surface area contributed by atoms with Gasteiger partial charge in [0.25, 0.3) is 0 Å². The van der Waals surface area contributed by atoms with E-state index in [1.54, 1.807) is 0 Å². The Morgan fingerprint density at radius 2 is 2.07 bits per heavy atom. The predicted octanol–water partition coefficient (Wildman–Crippen LogP) is 3.55. The minimum absolute atomic E-state index is 0.182. The lowest BCUT2D eigenvalue weighted by molar-refractivity contribution is -0.138. The van der Waals surface area contributed by atoms with Crippen molar-refractivity contribution in [3.8, 4) is 0 Å². The van der Waals surface area contributed by atoms with Gasteiger partial charge in [0, 0.05) is 0 Å². The van der Waals surface area contributed by atoms with E-state index in [9.17, 15) is 4.79 Å². The van der Waals surface area contributed by atoms with E-state index in [0.717, 1.165) is 18.6 Å². The van der Waals surface area contributed by atoms with Gasteiger partial charge in [-0.1, -0.05) is 26.2 Å². The molecule has 0 bridgehead atoms. The van der Waals surface area contributed by atoms with Gasteiger partial charge in [-0.05, 0) is 36.2 Å². The van der Waals surface area contributed by atoms with Crippen LogP contribution in [0, 0.1) is 5.41 Å². The van der Waals surface area contributed by atoms with Crippen LogP contribution < -0.4 is 0 Å². The van der Waals surface area contributed by atoms with E-state index in [1.807, 2.05) is 11.8 Å². The van der Waals surface area contributed by atoms with Crippen LogP contribution in [0.1, 0.15) is 51.9 Å². The maximum Gasteiger partial charge on any atom is 0.303 e. The van der Waals surface area contributed by atoms with Gasteiger partial charge in [-0.2, -0.15) is 11.8 Å². The van der Waals surface area contributed by atoms with Crippen molar-refractivity contribution in [3.63, 3.8) is 0 Å². The van der Waals surface area contributed by atoms with Crippen molar-refractivity contribution in [2.45, 2.75) is 51.9 Å². The van der Waals surface area contributed by atoms with Crippen molar-refractivity contribution >= 4 is 17.7 Å². The molecule has 0 saturated heterocycles. The molecule has 0 amide bonds. The number of unbranched alkanes of at least 4 members (excludes halogenated alkanes) is 3. The van der Waals surface area contributed by atoms with E-state index in [0.29, 0.717) is 6.42 Å². The van der Waals surface area contributed by atoms with Crippen molar-refractivity contribution in [2.24, 2.45) is 5.41 Å². The van der Waals surface area contributed by atoms with Gasteiger partial charge < -0.3 is 5.11 Å². The monoisotopic (exact) mass is 230 g/mol. The van der Waals surface area contributed by atoms with E-state index in [4.69, 9.17) is 5.11 Å². The highest BCUT2D eigenvalue weighted by molar-refractivity contribution is 7.99. The second kappa shape index (κ2) is 6.41. The summed E-state index contributed by atoms with van der Waals surface area (Å²) in [6, 6.07) is 0. The van der Waals surface area contributed by atoms with Crippen LogP contribution >= 0.6 is 11.8 Å². The highest BCUT2D eigenvalue weighted by Crippen LogP contribution is 2.51. The molecule has 2 nitrogen and oxygen atoms in total. The van der Waals surface area contributed by atoms with Gasteiger partial charge in [-0.25, -0.2) is 0 Å². The molecule has 0 aromatic rings. The van der Waals surface area contributed by atoms with Gasteiger partial charge in [-0.3, -0.25) is 4.79 Å². The topological polar surface area (TPSA) is 37.3 Å². The van der Waals surface area contributed by atoms with Gasteiger partial charge in [0.1, 0.15) is 0 Å². The standard InChI is InChI=1S/C12H22O2S/c1-2-3-4-5-8-15-10-12(6-7-12)9-11(13)14/h2-10H2,1H3,(H,13,14). The van der Waals surface area contributed by atoms with E-state index >= 15 is 0 Å². The Labute approximate surface area is 96.8 Å². The number of thioether (sulfide) groups is 1. The van der Waals surface area contributed by atoms with E-state index in [2.05, 4.69) is 6.92 Å². The average molecular weight is 230 g/mol. The Balaban J connectivity index is 1.97. The van der Waals surface area contributed by atoms with Crippen LogP contribution in [0.4, 0.5) is 0 Å². The quantitative estimate of drug-likeness (QED) is 0.615. The fourth-order valence-electron chi connectivity index (χ4n) is 1.79. The molecule has 0 unspecified atom stereocenters. The van der Waals surface area contributed by atoms with Crippen LogP contribution in [-0.2, 0) is 4.79 Å². The van der Waals surface area contributed by atoms with Gasteiger partial charge >= 0.3 is 5.97 Å². The Morgan fingerprint density at radius 3 is 2.60 bits per heavy atom. The molecule has 15 heavy (non-hydrogen) atoms. The fourth-order valence-corrected chi connectivity index (χ4v) is 3.17. The minimum Gasteiger partial charge on any atom is -0.481 e. The summed E-state index contributed by atoms with van der Waals surface area (Å²) in [7, 11) is 0. The van der Waals surface area contributed by atoms with Crippen molar-refractivity contribution in [1.29, 1.82) is 0 Å². The molecule has 1 aliphatic rings. The van der Waals surface area contributed by atoms with Crippen LogP contribution in [0.15, 0.2) is 0 Å². The summed E-state index contributed by atoms with van der Waals surface area (Å²) in [5.41, 5.74) is 0.182. The molecule has 0 heterocycles. The zero-order valence-electron chi connectivity index (χ0n) is 9.63.